The molecule has 3 aliphatic rings. The third-order valence-electron chi connectivity index (χ3n) is 6.96. The maximum absolute atomic E-state index is 6.01. The molecule has 1 saturated heterocycles. The number of hydrogen-bond donors (Lipinski definition) is 2. The van der Waals surface area contributed by atoms with Crippen LogP contribution in [0.2, 0.25) is 0 Å². The van der Waals surface area contributed by atoms with Crippen LogP contribution in [0, 0.1) is 11.3 Å². The number of rotatable bonds is 6. The zero-order valence-electron chi connectivity index (χ0n) is 16.3. The van der Waals surface area contributed by atoms with Gasteiger partial charge in [0.05, 0.1) is 18.3 Å². The van der Waals surface area contributed by atoms with Crippen molar-refractivity contribution in [3.8, 4) is 0 Å². The molecule has 0 radical (unpaired) electrons. The standard InChI is InChI=1S/C20H32N4O2/c1-4-13(5-2)16-11-14(26-24-16)12-22-19(21-3)23-17-15-7-10-25-18(15)20(17)8-6-9-20/h11,13,15,17-18H,4-10,12H2,1-3H3,(H2,21,22,23). The molecule has 2 heterocycles. The molecule has 144 valence electrons. The minimum absolute atomic E-state index is 0.355. The van der Waals surface area contributed by atoms with Crippen LogP contribution in [0.4, 0.5) is 0 Å². The molecule has 0 amide bonds. The fourth-order valence-corrected chi connectivity index (χ4v) is 5.28. The molecule has 2 saturated carbocycles. The van der Waals surface area contributed by atoms with E-state index >= 15 is 0 Å². The van der Waals surface area contributed by atoms with Crippen molar-refractivity contribution in [2.45, 2.75) is 77.0 Å². The Bertz CT molecular complexity index is 648. The molecule has 6 nitrogen and oxygen atoms in total. The van der Waals surface area contributed by atoms with Crippen molar-refractivity contribution in [2.75, 3.05) is 13.7 Å². The van der Waals surface area contributed by atoms with Gasteiger partial charge in [0.1, 0.15) is 0 Å². The molecule has 1 aliphatic heterocycles. The van der Waals surface area contributed by atoms with E-state index in [0.717, 1.165) is 36.9 Å². The van der Waals surface area contributed by atoms with E-state index in [4.69, 9.17) is 9.26 Å². The second-order valence-corrected chi connectivity index (χ2v) is 8.11. The van der Waals surface area contributed by atoms with Crippen molar-refractivity contribution in [3.63, 3.8) is 0 Å². The van der Waals surface area contributed by atoms with Crippen molar-refractivity contribution in [1.29, 1.82) is 0 Å². The number of nitrogens with zero attached hydrogens (tertiary/aromatic N) is 2. The number of ether oxygens (including phenoxy) is 1. The van der Waals surface area contributed by atoms with E-state index in [9.17, 15) is 0 Å². The van der Waals surface area contributed by atoms with E-state index < -0.39 is 0 Å². The fourth-order valence-electron chi connectivity index (χ4n) is 5.28. The van der Waals surface area contributed by atoms with Gasteiger partial charge in [-0.05, 0) is 32.1 Å². The summed E-state index contributed by atoms with van der Waals surface area (Å²) in [5.74, 6) is 2.84. The van der Waals surface area contributed by atoms with Crippen LogP contribution in [0.3, 0.4) is 0 Å². The zero-order chi connectivity index (χ0) is 18.1. The lowest BCUT2D eigenvalue weighted by Gasteiger charge is -2.63. The minimum Gasteiger partial charge on any atom is -0.377 e. The van der Waals surface area contributed by atoms with Gasteiger partial charge >= 0.3 is 0 Å². The Hall–Kier alpha value is -1.56. The molecule has 3 atom stereocenters. The predicted molar refractivity (Wildman–Crippen MR) is 101 cm³/mol. The van der Waals surface area contributed by atoms with Crippen molar-refractivity contribution in [3.05, 3.63) is 17.5 Å². The van der Waals surface area contributed by atoms with Gasteiger partial charge in [0, 0.05) is 43.0 Å². The van der Waals surface area contributed by atoms with Crippen molar-refractivity contribution < 1.29 is 9.26 Å². The molecule has 1 spiro atoms. The summed E-state index contributed by atoms with van der Waals surface area (Å²) >= 11 is 0. The van der Waals surface area contributed by atoms with Gasteiger partial charge in [0.15, 0.2) is 11.7 Å². The highest BCUT2D eigenvalue weighted by molar-refractivity contribution is 5.80. The highest BCUT2D eigenvalue weighted by Crippen LogP contribution is 2.62. The quantitative estimate of drug-likeness (QED) is 0.602. The maximum atomic E-state index is 6.01. The Balaban J connectivity index is 1.34. The first-order chi connectivity index (χ1) is 12.7. The molecule has 26 heavy (non-hydrogen) atoms. The molecule has 2 aliphatic carbocycles. The van der Waals surface area contributed by atoms with Crippen LogP contribution in [-0.4, -0.2) is 36.9 Å². The monoisotopic (exact) mass is 360 g/mol. The van der Waals surface area contributed by atoms with Gasteiger partial charge in [-0.15, -0.1) is 0 Å². The number of guanidine groups is 1. The lowest BCUT2D eigenvalue weighted by atomic mass is 9.46. The predicted octanol–water partition coefficient (Wildman–Crippen LogP) is 3.20. The summed E-state index contributed by atoms with van der Waals surface area (Å²) in [6.07, 6.45) is 7.72. The number of nitrogens with one attached hydrogen (secondary N) is 2. The Morgan fingerprint density at radius 1 is 1.38 bits per heavy atom. The Kier molecular flexibility index (Phi) is 4.95. The van der Waals surface area contributed by atoms with Crippen LogP contribution in [0.5, 0.6) is 0 Å². The summed E-state index contributed by atoms with van der Waals surface area (Å²) in [6.45, 7) is 5.91. The van der Waals surface area contributed by atoms with Gasteiger partial charge in [-0.3, -0.25) is 4.99 Å². The van der Waals surface area contributed by atoms with Gasteiger partial charge in [0.2, 0.25) is 0 Å². The topological polar surface area (TPSA) is 71.7 Å². The van der Waals surface area contributed by atoms with E-state index in [1.54, 1.807) is 0 Å². The third kappa shape index (κ3) is 2.82. The summed E-state index contributed by atoms with van der Waals surface area (Å²) in [5.41, 5.74) is 1.42. The normalized spacial score (nSPS) is 29.4. The Labute approximate surface area is 156 Å². The SMILES string of the molecule is CCC(CC)c1cc(CNC(=NC)NC2C3CCOC3C23CCC3)on1. The summed E-state index contributed by atoms with van der Waals surface area (Å²) in [6, 6.07) is 2.57. The summed E-state index contributed by atoms with van der Waals surface area (Å²) in [4.78, 5) is 4.43. The van der Waals surface area contributed by atoms with E-state index in [-0.39, 0.29) is 0 Å². The minimum atomic E-state index is 0.355. The summed E-state index contributed by atoms with van der Waals surface area (Å²) in [7, 11) is 1.83. The highest BCUT2D eigenvalue weighted by Gasteiger charge is 2.66. The molecular formula is C20H32N4O2. The van der Waals surface area contributed by atoms with Gasteiger partial charge in [-0.1, -0.05) is 25.4 Å². The van der Waals surface area contributed by atoms with Crippen LogP contribution in [0.1, 0.15) is 69.7 Å². The zero-order valence-corrected chi connectivity index (χ0v) is 16.3. The van der Waals surface area contributed by atoms with E-state index in [1.807, 2.05) is 7.05 Å². The van der Waals surface area contributed by atoms with Gasteiger partial charge in [-0.2, -0.15) is 0 Å². The number of hydrogen-bond acceptors (Lipinski definition) is 4. The molecule has 6 heteroatoms. The summed E-state index contributed by atoms with van der Waals surface area (Å²) < 4.78 is 11.5. The van der Waals surface area contributed by atoms with Gasteiger partial charge in [-0.25, -0.2) is 0 Å². The average Bonchev–Trinajstić information content (AvgIpc) is 3.23. The highest BCUT2D eigenvalue weighted by atomic mass is 16.5. The van der Waals surface area contributed by atoms with Crippen LogP contribution in [0.15, 0.2) is 15.6 Å². The lowest BCUT2D eigenvalue weighted by Crippen LogP contribution is -2.72. The molecule has 2 N–H and O–H groups in total. The van der Waals surface area contributed by atoms with Crippen LogP contribution in [0.25, 0.3) is 0 Å². The molecule has 1 aromatic heterocycles. The number of aliphatic imine (C=N–C) groups is 1. The number of aromatic nitrogens is 1. The van der Waals surface area contributed by atoms with E-state index in [2.05, 4.69) is 40.7 Å². The molecule has 4 rings (SSSR count). The lowest BCUT2D eigenvalue weighted by molar-refractivity contribution is -0.171. The second kappa shape index (κ2) is 7.22. The van der Waals surface area contributed by atoms with Crippen molar-refractivity contribution in [1.82, 2.24) is 15.8 Å². The molecule has 0 aromatic carbocycles. The smallest absolute Gasteiger partial charge is 0.191 e. The maximum Gasteiger partial charge on any atom is 0.191 e. The third-order valence-corrected chi connectivity index (χ3v) is 6.96. The van der Waals surface area contributed by atoms with Crippen LogP contribution >= 0.6 is 0 Å². The molecule has 3 unspecified atom stereocenters. The first kappa shape index (κ1) is 17.8. The van der Waals surface area contributed by atoms with Crippen molar-refractivity contribution >= 4 is 5.96 Å². The van der Waals surface area contributed by atoms with Crippen LogP contribution in [-0.2, 0) is 11.3 Å². The molecule has 3 fully saturated rings. The second-order valence-electron chi connectivity index (χ2n) is 8.11. The Morgan fingerprint density at radius 2 is 2.19 bits per heavy atom. The molecule has 0 bridgehead atoms. The first-order valence-electron chi connectivity index (χ1n) is 10.3. The molecule has 1 aromatic rings. The van der Waals surface area contributed by atoms with Gasteiger partial charge in [0.25, 0.3) is 0 Å². The molecular weight excluding hydrogens is 328 g/mol. The largest absolute Gasteiger partial charge is 0.377 e. The number of fused-ring (bicyclic) bond motifs is 2. The van der Waals surface area contributed by atoms with Crippen LogP contribution < -0.4 is 10.6 Å². The first-order valence-corrected chi connectivity index (χ1v) is 10.3. The van der Waals surface area contributed by atoms with Crippen molar-refractivity contribution in [2.24, 2.45) is 16.3 Å². The van der Waals surface area contributed by atoms with E-state index in [0.29, 0.717) is 35.9 Å². The van der Waals surface area contributed by atoms with E-state index in [1.165, 1.54) is 25.7 Å². The fraction of sp³-hybridized carbons (Fsp3) is 0.800. The van der Waals surface area contributed by atoms with Gasteiger partial charge < -0.3 is 19.9 Å². The Morgan fingerprint density at radius 3 is 2.85 bits per heavy atom. The average molecular weight is 361 g/mol. The summed E-state index contributed by atoms with van der Waals surface area (Å²) in [5, 5.41) is 11.3.